The first kappa shape index (κ1) is 38.7. The van der Waals surface area contributed by atoms with Crippen LogP contribution in [0.4, 0.5) is 22.7 Å². The zero-order valence-electron chi connectivity index (χ0n) is 32.6. The zero-order chi connectivity index (χ0) is 38.1. The minimum absolute atomic E-state index is 0.250. The molecule has 12 nitrogen and oxygen atoms in total. The second kappa shape index (κ2) is 15.2. The molecule has 12 heteroatoms. The average molecular weight is 721 g/mol. The molecule has 5 rings (SSSR count). The Morgan fingerprint density at radius 3 is 1.25 bits per heavy atom. The summed E-state index contributed by atoms with van der Waals surface area (Å²) in [6.07, 6.45) is 1.84. The van der Waals surface area contributed by atoms with Gasteiger partial charge in [0, 0.05) is 51.4 Å². The molecule has 0 unspecified atom stereocenters. The fourth-order valence-corrected chi connectivity index (χ4v) is 7.41. The Morgan fingerprint density at radius 2 is 0.962 bits per heavy atom. The molecule has 52 heavy (non-hydrogen) atoms. The van der Waals surface area contributed by atoms with Crippen molar-refractivity contribution in [1.82, 2.24) is 0 Å². The van der Waals surface area contributed by atoms with Crippen molar-refractivity contribution >= 4 is 46.5 Å². The van der Waals surface area contributed by atoms with Crippen LogP contribution in [-0.4, -0.2) is 88.4 Å². The SMILES string of the molecule is CCN1C(=O)[C@@H](C(=O)OC(C)(C)C)CCc2cc(N3CCN(c4cc5c(cc4OC)N(CC)C(=O)[C@@H](C(=O)OC(C)(C)C)CC5)CC3)c(OC)cc21. The molecule has 1 saturated heterocycles. The normalized spacial score (nSPS) is 19.7. The summed E-state index contributed by atoms with van der Waals surface area (Å²) >= 11 is 0. The highest BCUT2D eigenvalue weighted by Gasteiger charge is 2.40. The van der Waals surface area contributed by atoms with Crippen LogP contribution in [0.3, 0.4) is 0 Å². The Hall–Kier alpha value is -4.48. The number of carbonyl (C=O) groups excluding carboxylic acids is 4. The van der Waals surface area contributed by atoms with Gasteiger partial charge in [-0.15, -0.1) is 0 Å². The number of benzene rings is 2. The van der Waals surface area contributed by atoms with Crippen LogP contribution < -0.4 is 29.1 Å². The van der Waals surface area contributed by atoms with Gasteiger partial charge in [-0.1, -0.05) is 0 Å². The van der Waals surface area contributed by atoms with E-state index in [1.165, 1.54) is 0 Å². The molecular weight excluding hydrogens is 664 g/mol. The van der Waals surface area contributed by atoms with Crippen LogP contribution in [0.5, 0.6) is 11.5 Å². The third-order valence-electron chi connectivity index (χ3n) is 9.85. The van der Waals surface area contributed by atoms with E-state index in [-0.39, 0.29) is 11.8 Å². The first-order chi connectivity index (χ1) is 24.5. The van der Waals surface area contributed by atoms with Gasteiger partial charge in [0.15, 0.2) is 0 Å². The van der Waals surface area contributed by atoms with Crippen molar-refractivity contribution in [3.05, 3.63) is 35.4 Å². The summed E-state index contributed by atoms with van der Waals surface area (Å²) in [6.45, 7) is 18.3. The number of esters is 2. The van der Waals surface area contributed by atoms with Gasteiger partial charge in [-0.3, -0.25) is 19.2 Å². The molecule has 0 aromatic heterocycles. The Balaban J connectivity index is 1.37. The third kappa shape index (κ3) is 8.10. The van der Waals surface area contributed by atoms with Crippen LogP contribution in [0.25, 0.3) is 0 Å². The summed E-state index contributed by atoms with van der Waals surface area (Å²) in [6, 6.07) is 8.07. The number of anilines is 4. The van der Waals surface area contributed by atoms with E-state index >= 15 is 0 Å². The minimum Gasteiger partial charge on any atom is -0.495 e. The molecule has 2 atom stereocenters. The van der Waals surface area contributed by atoms with Gasteiger partial charge < -0.3 is 38.5 Å². The lowest BCUT2D eigenvalue weighted by Crippen LogP contribution is -2.47. The fourth-order valence-electron chi connectivity index (χ4n) is 7.41. The quantitative estimate of drug-likeness (QED) is 0.254. The summed E-state index contributed by atoms with van der Waals surface area (Å²) in [4.78, 5) is 61.4. The van der Waals surface area contributed by atoms with Crippen molar-refractivity contribution in [2.45, 2.75) is 92.3 Å². The number of hydrogen-bond acceptors (Lipinski definition) is 10. The monoisotopic (exact) mass is 720 g/mol. The van der Waals surface area contributed by atoms with Gasteiger partial charge in [0.25, 0.3) is 0 Å². The Bertz CT molecular complexity index is 1560. The highest BCUT2D eigenvalue weighted by Crippen LogP contribution is 2.42. The molecule has 1 fully saturated rings. The van der Waals surface area contributed by atoms with Gasteiger partial charge in [-0.25, -0.2) is 0 Å². The molecule has 2 aromatic rings. The summed E-state index contributed by atoms with van der Waals surface area (Å²) < 4.78 is 23.1. The smallest absolute Gasteiger partial charge is 0.319 e. The Labute approximate surface area is 308 Å². The van der Waals surface area contributed by atoms with E-state index in [2.05, 4.69) is 21.9 Å². The van der Waals surface area contributed by atoms with Crippen molar-refractivity contribution in [2.24, 2.45) is 11.8 Å². The summed E-state index contributed by atoms with van der Waals surface area (Å²) in [5, 5.41) is 0. The second-order valence-electron chi connectivity index (χ2n) is 15.7. The van der Waals surface area contributed by atoms with Gasteiger partial charge in [0.2, 0.25) is 11.8 Å². The van der Waals surface area contributed by atoms with E-state index in [1.807, 2.05) is 67.5 Å². The van der Waals surface area contributed by atoms with Crippen LogP contribution in [0, 0.1) is 11.8 Å². The average Bonchev–Trinajstić information content (AvgIpc) is 3.30. The summed E-state index contributed by atoms with van der Waals surface area (Å²) in [5.41, 5.74) is 4.03. The van der Waals surface area contributed by atoms with Crippen molar-refractivity contribution in [1.29, 1.82) is 0 Å². The number of aryl methyl sites for hydroxylation is 2. The summed E-state index contributed by atoms with van der Waals surface area (Å²) in [7, 11) is 3.27. The van der Waals surface area contributed by atoms with E-state index in [0.717, 1.165) is 33.9 Å². The standard InChI is InChI=1S/C40H56N4O8/c1-11-43-29-23-33(49-9)31(21-25(29)13-15-27(35(43)45)37(47)51-39(3,4)5)41-17-19-42(20-18-41)32-22-26-14-16-28(38(48)52-40(6,7)8)36(46)44(12-2)30(26)24-34(32)50-10/h21-24,27-28H,11-20H2,1-10H3/t27-,28-/m0/s1. The van der Waals surface area contributed by atoms with Crippen molar-refractivity contribution in [2.75, 3.05) is 73.1 Å². The second-order valence-corrected chi connectivity index (χ2v) is 15.7. The molecule has 284 valence electrons. The Kier molecular flexibility index (Phi) is 11.4. The number of piperazine rings is 1. The largest absolute Gasteiger partial charge is 0.495 e. The number of nitrogens with zero attached hydrogens (tertiary/aromatic N) is 4. The summed E-state index contributed by atoms with van der Waals surface area (Å²) in [5.74, 6) is -1.88. The van der Waals surface area contributed by atoms with Gasteiger partial charge >= 0.3 is 11.9 Å². The minimum atomic E-state index is -0.869. The predicted molar refractivity (Wildman–Crippen MR) is 202 cm³/mol. The van der Waals surface area contributed by atoms with Gasteiger partial charge in [0.05, 0.1) is 37.0 Å². The highest BCUT2D eigenvalue weighted by molar-refractivity contribution is 6.08. The molecule has 2 amide bonds. The highest BCUT2D eigenvalue weighted by atomic mass is 16.6. The maximum absolute atomic E-state index is 13.6. The fraction of sp³-hybridized carbons (Fsp3) is 0.600. The molecule has 0 spiro atoms. The number of hydrogen-bond donors (Lipinski definition) is 0. The topological polar surface area (TPSA) is 118 Å². The molecular formula is C40H56N4O8. The first-order valence-electron chi connectivity index (χ1n) is 18.5. The third-order valence-corrected chi connectivity index (χ3v) is 9.85. The van der Waals surface area contributed by atoms with Crippen LogP contribution in [0.1, 0.15) is 79.4 Å². The zero-order valence-corrected chi connectivity index (χ0v) is 32.6. The number of carbonyl (C=O) groups is 4. The van der Waals surface area contributed by atoms with Crippen LogP contribution in [0.2, 0.25) is 0 Å². The van der Waals surface area contributed by atoms with Gasteiger partial charge in [-0.2, -0.15) is 0 Å². The number of amides is 2. The molecule has 3 heterocycles. The molecule has 0 saturated carbocycles. The number of fused-ring (bicyclic) bond motifs is 2. The molecule has 3 aliphatic rings. The van der Waals surface area contributed by atoms with Crippen molar-refractivity contribution < 1.29 is 38.1 Å². The van der Waals surface area contributed by atoms with E-state index in [0.29, 0.717) is 76.5 Å². The molecule has 3 aliphatic heterocycles. The molecule has 0 N–H and O–H groups in total. The molecule has 0 radical (unpaired) electrons. The van der Waals surface area contributed by atoms with E-state index in [1.54, 1.807) is 24.0 Å². The predicted octanol–water partition coefficient (Wildman–Crippen LogP) is 5.54. The van der Waals surface area contributed by atoms with Crippen molar-refractivity contribution in [3.8, 4) is 11.5 Å². The number of ether oxygens (including phenoxy) is 4. The lowest BCUT2D eigenvalue weighted by molar-refractivity contribution is -0.163. The first-order valence-corrected chi connectivity index (χ1v) is 18.5. The van der Waals surface area contributed by atoms with E-state index in [4.69, 9.17) is 18.9 Å². The van der Waals surface area contributed by atoms with E-state index < -0.39 is 35.0 Å². The Morgan fingerprint density at radius 1 is 0.615 bits per heavy atom. The molecule has 0 bridgehead atoms. The van der Waals surface area contributed by atoms with Crippen LogP contribution >= 0.6 is 0 Å². The lowest BCUT2D eigenvalue weighted by atomic mass is 9.99. The van der Waals surface area contributed by atoms with Crippen molar-refractivity contribution in [3.63, 3.8) is 0 Å². The van der Waals surface area contributed by atoms with E-state index in [9.17, 15) is 19.2 Å². The van der Waals surface area contributed by atoms with Crippen LogP contribution in [-0.2, 0) is 41.5 Å². The van der Waals surface area contributed by atoms with Crippen LogP contribution in [0.15, 0.2) is 24.3 Å². The number of methoxy groups -OCH3 is 2. The maximum Gasteiger partial charge on any atom is 0.319 e. The maximum atomic E-state index is 13.6. The molecule has 2 aromatic carbocycles. The molecule has 0 aliphatic carbocycles. The van der Waals surface area contributed by atoms with Gasteiger partial charge in [-0.05, 0) is 104 Å². The lowest BCUT2D eigenvalue weighted by Gasteiger charge is -2.39. The number of rotatable bonds is 8. The van der Waals surface area contributed by atoms with Gasteiger partial charge in [0.1, 0.15) is 34.5 Å².